The lowest BCUT2D eigenvalue weighted by molar-refractivity contribution is -0.133. The highest BCUT2D eigenvalue weighted by atomic mass is 35.5. The molecule has 4 nitrogen and oxygen atoms in total. The molecule has 0 N–H and O–H groups in total. The summed E-state index contributed by atoms with van der Waals surface area (Å²) in [4.78, 5) is 15.2. The molecule has 0 unspecified atom stereocenters. The van der Waals surface area contributed by atoms with Gasteiger partial charge in [-0.25, -0.2) is 0 Å². The standard InChI is InChI=1S/C19H22ClN3O/c1-22-12-15(11-21-22)9-14-5-8-23(13-14)18(24)19(6-7-19)16-3-2-4-17(20)10-16/h2-4,10-12,14H,5-9,13H2,1H3/t14-/m1/s1. The Bertz CT molecular complexity index is 765. The minimum absolute atomic E-state index is 0.290. The second-order valence-electron chi connectivity index (χ2n) is 7.22. The zero-order valence-electron chi connectivity index (χ0n) is 13.9. The largest absolute Gasteiger partial charge is 0.342 e. The van der Waals surface area contributed by atoms with E-state index in [1.807, 2.05) is 42.2 Å². The number of aromatic nitrogens is 2. The van der Waals surface area contributed by atoms with Gasteiger partial charge in [0, 0.05) is 31.4 Å². The van der Waals surface area contributed by atoms with Gasteiger partial charge in [0.2, 0.25) is 5.91 Å². The van der Waals surface area contributed by atoms with Crippen LogP contribution in [-0.2, 0) is 23.7 Å². The molecule has 5 heteroatoms. The van der Waals surface area contributed by atoms with Crippen LogP contribution in [0.3, 0.4) is 0 Å². The molecule has 126 valence electrons. The van der Waals surface area contributed by atoms with Crippen molar-refractivity contribution in [1.29, 1.82) is 0 Å². The number of hydrogen-bond donors (Lipinski definition) is 0. The van der Waals surface area contributed by atoms with Crippen LogP contribution in [0.2, 0.25) is 5.02 Å². The number of aryl methyl sites for hydroxylation is 1. The second kappa shape index (κ2) is 5.92. The maximum Gasteiger partial charge on any atom is 0.233 e. The molecule has 2 aliphatic rings. The number of hydrogen-bond acceptors (Lipinski definition) is 2. The number of benzene rings is 1. The molecular weight excluding hydrogens is 322 g/mol. The summed E-state index contributed by atoms with van der Waals surface area (Å²) in [6.07, 6.45) is 7.96. The summed E-state index contributed by atoms with van der Waals surface area (Å²) in [5, 5.41) is 4.94. The highest BCUT2D eigenvalue weighted by molar-refractivity contribution is 6.30. The average molecular weight is 344 g/mol. The molecule has 2 heterocycles. The lowest BCUT2D eigenvalue weighted by Gasteiger charge is -2.24. The molecule has 1 saturated heterocycles. The Labute approximate surface area is 147 Å². The van der Waals surface area contributed by atoms with E-state index in [-0.39, 0.29) is 5.41 Å². The highest BCUT2D eigenvalue weighted by Gasteiger charge is 2.53. The molecular formula is C19H22ClN3O. The molecule has 1 aliphatic heterocycles. The molecule has 1 aromatic heterocycles. The first-order valence-electron chi connectivity index (χ1n) is 8.60. The zero-order chi connectivity index (χ0) is 16.7. The van der Waals surface area contributed by atoms with Crippen molar-refractivity contribution in [2.45, 2.75) is 31.1 Å². The van der Waals surface area contributed by atoms with Gasteiger partial charge in [-0.1, -0.05) is 23.7 Å². The van der Waals surface area contributed by atoms with Crippen LogP contribution < -0.4 is 0 Å². The minimum Gasteiger partial charge on any atom is -0.342 e. The first-order valence-corrected chi connectivity index (χ1v) is 8.97. The third kappa shape index (κ3) is 2.84. The van der Waals surface area contributed by atoms with Crippen molar-refractivity contribution in [1.82, 2.24) is 14.7 Å². The predicted molar refractivity (Wildman–Crippen MR) is 94.0 cm³/mol. The van der Waals surface area contributed by atoms with Crippen LogP contribution in [0, 0.1) is 5.92 Å². The van der Waals surface area contributed by atoms with E-state index in [1.165, 1.54) is 5.56 Å². The topological polar surface area (TPSA) is 38.1 Å². The summed E-state index contributed by atoms with van der Waals surface area (Å²) in [7, 11) is 1.94. The van der Waals surface area contributed by atoms with Crippen molar-refractivity contribution < 1.29 is 4.79 Å². The second-order valence-corrected chi connectivity index (χ2v) is 7.66. The van der Waals surface area contributed by atoms with Crippen LogP contribution in [0.25, 0.3) is 0 Å². The van der Waals surface area contributed by atoms with Gasteiger partial charge in [0.25, 0.3) is 0 Å². The van der Waals surface area contributed by atoms with Crippen LogP contribution in [0.1, 0.15) is 30.4 Å². The lowest BCUT2D eigenvalue weighted by atomic mass is 9.94. The quantitative estimate of drug-likeness (QED) is 0.855. The molecule has 4 rings (SSSR count). The maximum absolute atomic E-state index is 13.1. The number of halogens is 1. The minimum atomic E-state index is -0.311. The molecule has 1 saturated carbocycles. The molecule has 1 amide bonds. The molecule has 1 aliphatic carbocycles. The summed E-state index contributed by atoms with van der Waals surface area (Å²) in [5.74, 6) is 0.826. The normalized spacial score (nSPS) is 21.9. The number of rotatable bonds is 4. The van der Waals surface area contributed by atoms with Crippen molar-refractivity contribution in [2.24, 2.45) is 13.0 Å². The number of likely N-dealkylation sites (tertiary alicyclic amines) is 1. The molecule has 2 aromatic rings. The van der Waals surface area contributed by atoms with Crippen molar-refractivity contribution in [3.05, 3.63) is 52.8 Å². The monoisotopic (exact) mass is 343 g/mol. The van der Waals surface area contributed by atoms with Gasteiger partial charge in [0.1, 0.15) is 0 Å². The summed E-state index contributed by atoms with van der Waals surface area (Å²) < 4.78 is 1.84. The Balaban J connectivity index is 1.44. The van der Waals surface area contributed by atoms with Crippen molar-refractivity contribution in [2.75, 3.05) is 13.1 Å². The Morgan fingerprint density at radius 3 is 2.92 bits per heavy atom. The number of nitrogens with zero attached hydrogens (tertiary/aromatic N) is 3. The van der Waals surface area contributed by atoms with Crippen LogP contribution in [-0.4, -0.2) is 33.7 Å². The Kier molecular flexibility index (Phi) is 3.87. The van der Waals surface area contributed by atoms with Gasteiger partial charge in [0.05, 0.1) is 11.6 Å². The third-order valence-electron chi connectivity index (χ3n) is 5.39. The van der Waals surface area contributed by atoms with E-state index in [2.05, 4.69) is 16.2 Å². The smallest absolute Gasteiger partial charge is 0.233 e. The third-order valence-corrected chi connectivity index (χ3v) is 5.63. The number of carbonyl (C=O) groups is 1. The fourth-order valence-electron chi connectivity index (χ4n) is 3.93. The van der Waals surface area contributed by atoms with E-state index in [1.54, 1.807) is 0 Å². The van der Waals surface area contributed by atoms with Gasteiger partial charge in [0.15, 0.2) is 0 Å². The first kappa shape index (κ1) is 15.7. The summed E-state index contributed by atoms with van der Waals surface area (Å²) in [6, 6.07) is 7.81. The van der Waals surface area contributed by atoms with Gasteiger partial charge in [-0.2, -0.15) is 5.10 Å². The molecule has 0 bridgehead atoms. The Morgan fingerprint density at radius 2 is 2.25 bits per heavy atom. The van der Waals surface area contributed by atoms with E-state index in [4.69, 9.17) is 11.6 Å². The molecule has 1 aromatic carbocycles. The summed E-state index contributed by atoms with van der Waals surface area (Å²) in [6.45, 7) is 1.72. The molecule has 2 fully saturated rings. The van der Waals surface area contributed by atoms with Gasteiger partial charge >= 0.3 is 0 Å². The molecule has 24 heavy (non-hydrogen) atoms. The van der Waals surface area contributed by atoms with Gasteiger partial charge in [-0.05, 0) is 54.9 Å². The van der Waals surface area contributed by atoms with Gasteiger partial charge < -0.3 is 4.90 Å². The fourth-order valence-corrected chi connectivity index (χ4v) is 4.12. The summed E-state index contributed by atoms with van der Waals surface area (Å²) >= 11 is 6.13. The van der Waals surface area contributed by atoms with Crippen molar-refractivity contribution >= 4 is 17.5 Å². The van der Waals surface area contributed by atoms with Crippen LogP contribution >= 0.6 is 11.6 Å². The zero-order valence-corrected chi connectivity index (χ0v) is 14.7. The molecule has 0 spiro atoms. The van der Waals surface area contributed by atoms with Crippen LogP contribution in [0.5, 0.6) is 0 Å². The van der Waals surface area contributed by atoms with E-state index >= 15 is 0 Å². The van der Waals surface area contributed by atoms with Crippen molar-refractivity contribution in [3.8, 4) is 0 Å². The predicted octanol–water partition coefficient (Wildman–Crippen LogP) is 3.20. The SMILES string of the molecule is Cn1cc(C[C@H]2CCN(C(=O)C3(c4cccc(Cl)c4)CC3)C2)cn1. The van der Waals surface area contributed by atoms with Gasteiger partial charge in [-0.15, -0.1) is 0 Å². The number of amides is 1. The Morgan fingerprint density at radius 1 is 1.42 bits per heavy atom. The first-order chi connectivity index (χ1) is 11.6. The molecule has 1 atom stereocenters. The lowest BCUT2D eigenvalue weighted by Crippen LogP contribution is -2.38. The maximum atomic E-state index is 13.1. The highest BCUT2D eigenvalue weighted by Crippen LogP contribution is 2.50. The Hall–Kier alpha value is -1.81. The molecule has 0 radical (unpaired) electrons. The van der Waals surface area contributed by atoms with Crippen LogP contribution in [0.4, 0.5) is 0 Å². The fraction of sp³-hybridized carbons (Fsp3) is 0.474. The van der Waals surface area contributed by atoms with Gasteiger partial charge in [-0.3, -0.25) is 9.48 Å². The van der Waals surface area contributed by atoms with E-state index in [0.717, 1.165) is 44.3 Å². The number of carbonyl (C=O) groups excluding carboxylic acids is 1. The summed E-state index contributed by atoms with van der Waals surface area (Å²) in [5.41, 5.74) is 2.03. The van der Waals surface area contributed by atoms with E-state index in [9.17, 15) is 4.79 Å². The van der Waals surface area contributed by atoms with E-state index < -0.39 is 0 Å². The van der Waals surface area contributed by atoms with Crippen molar-refractivity contribution in [3.63, 3.8) is 0 Å². The van der Waals surface area contributed by atoms with Crippen LogP contribution in [0.15, 0.2) is 36.7 Å². The van der Waals surface area contributed by atoms with E-state index in [0.29, 0.717) is 16.8 Å². The average Bonchev–Trinajstić information content (AvgIpc) is 3.09.